The van der Waals surface area contributed by atoms with Crippen LogP contribution in [0.2, 0.25) is 0 Å². The van der Waals surface area contributed by atoms with Crippen molar-refractivity contribution < 1.29 is 14.6 Å². The summed E-state index contributed by atoms with van der Waals surface area (Å²) in [5, 5.41) is 13.9. The van der Waals surface area contributed by atoms with Gasteiger partial charge in [0.25, 0.3) is 0 Å². The van der Waals surface area contributed by atoms with E-state index in [4.69, 9.17) is 10.5 Å². The average Bonchev–Trinajstić information content (AvgIpc) is 3.32. The van der Waals surface area contributed by atoms with Gasteiger partial charge < -0.3 is 20.9 Å². The van der Waals surface area contributed by atoms with Crippen molar-refractivity contribution in [1.29, 1.82) is 0 Å². The molecule has 0 aromatic heterocycles. The first-order valence-electron chi connectivity index (χ1n) is 15.5. The van der Waals surface area contributed by atoms with Gasteiger partial charge in [0.2, 0.25) is 5.91 Å². The molecule has 0 heterocycles. The van der Waals surface area contributed by atoms with Crippen LogP contribution in [0, 0.1) is 51.8 Å². The Morgan fingerprint density at radius 1 is 1.00 bits per heavy atom. The number of nitrogens with two attached hydrogens (primary N) is 1. The lowest BCUT2D eigenvalue weighted by Gasteiger charge is -2.67. The van der Waals surface area contributed by atoms with Crippen molar-refractivity contribution in [2.75, 3.05) is 26.3 Å². The summed E-state index contributed by atoms with van der Waals surface area (Å²) in [5.74, 6) is 4.23. The molecular formula is C32H56N2O3. The molecule has 5 nitrogen and oxygen atoms in total. The molecule has 5 aliphatic rings. The van der Waals surface area contributed by atoms with Gasteiger partial charge in [-0.15, -0.1) is 6.58 Å². The normalized spacial score (nSPS) is 46.3. The van der Waals surface area contributed by atoms with Crippen LogP contribution < -0.4 is 11.1 Å². The lowest BCUT2D eigenvalue weighted by atomic mass is 9.37. The van der Waals surface area contributed by atoms with E-state index in [1.54, 1.807) is 6.08 Å². The third kappa shape index (κ3) is 4.95. The third-order valence-electron chi connectivity index (χ3n) is 12.3. The molecule has 5 heteroatoms. The maximum Gasteiger partial charge on any atom is 0.226 e. The molecule has 5 fully saturated rings. The predicted octanol–water partition coefficient (Wildman–Crippen LogP) is 5.71. The second kappa shape index (κ2) is 11.7. The molecule has 0 radical (unpaired) electrons. The average molecular weight is 517 g/mol. The zero-order valence-corrected chi connectivity index (χ0v) is 24.3. The SMILES string of the molecule is C=CC.CC1C(O)CCC2(C)C1CCC1(C)C3CCC4(C(=O)NCCOCCN)CCCC4C3CCC21. The summed E-state index contributed by atoms with van der Waals surface area (Å²) in [4.78, 5) is 13.6. The highest BCUT2D eigenvalue weighted by Gasteiger charge is 2.65. The Kier molecular flexibility index (Phi) is 9.18. The van der Waals surface area contributed by atoms with E-state index in [2.05, 4.69) is 32.7 Å². The smallest absolute Gasteiger partial charge is 0.226 e. The molecule has 0 aliphatic heterocycles. The Hall–Kier alpha value is -0.910. The fourth-order valence-corrected chi connectivity index (χ4v) is 10.8. The van der Waals surface area contributed by atoms with Crippen LogP contribution in [-0.4, -0.2) is 43.4 Å². The van der Waals surface area contributed by atoms with E-state index in [0.29, 0.717) is 66.7 Å². The minimum Gasteiger partial charge on any atom is -0.393 e. The van der Waals surface area contributed by atoms with Crippen LogP contribution >= 0.6 is 0 Å². The molecule has 37 heavy (non-hydrogen) atoms. The maximum atomic E-state index is 13.6. The summed E-state index contributed by atoms with van der Waals surface area (Å²) in [6.45, 7) is 15.0. The molecule has 0 aromatic rings. The Bertz CT molecular complexity index is 803. The third-order valence-corrected chi connectivity index (χ3v) is 12.3. The molecule has 10 unspecified atom stereocenters. The molecule has 0 spiro atoms. The van der Waals surface area contributed by atoms with E-state index in [1.807, 2.05) is 6.92 Å². The van der Waals surface area contributed by atoms with Gasteiger partial charge in [0.1, 0.15) is 0 Å². The van der Waals surface area contributed by atoms with Crippen LogP contribution in [-0.2, 0) is 9.53 Å². The van der Waals surface area contributed by atoms with Gasteiger partial charge >= 0.3 is 0 Å². The van der Waals surface area contributed by atoms with Crippen LogP contribution in [0.15, 0.2) is 12.7 Å². The molecular weight excluding hydrogens is 460 g/mol. The fraction of sp³-hybridized carbons (Fsp3) is 0.906. The van der Waals surface area contributed by atoms with Gasteiger partial charge in [0.05, 0.1) is 24.7 Å². The van der Waals surface area contributed by atoms with E-state index in [9.17, 15) is 9.90 Å². The molecule has 5 aliphatic carbocycles. The number of hydrogen-bond acceptors (Lipinski definition) is 4. The molecule has 0 aromatic carbocycles. The second-order valence-electron chi connectivity index (χ2n) is 13.8. The fourth-order valence-electron chi connectivity index (χ4n) is 10.8. The lowest BCUT2D eigenvalue weighted by molar-refractivity contribution is -0.196. The number of rotatable bonds is 6. The summed E-state index contributed by atoms with van der Waals surface area (Å²) >= 11 is 0. The standard InChI is InChI=1S/C29H50N2O3.C3H6/c1-19-21-8-12-28(3)22-9-14-29(26(33)31-16-18-34-17-15-30)11-4-5-23(29)20(22)6-7-25(28)27(21,2)13-10-24(19)32;1-3-2/h19-25,32H,4-18,30H2,1-3H3,(H,31,33);3H,1H2,2H3. The van der Waals surface area contributed by atoms with Crippen LogP contribution in [0.5, 0.6) is 0 Å². The zero-order valence-electron chi connectivity index (χ0n) is 24.3. The van der Waals surface area contributed by atoms with Crippen molar-refractivity contribution in [3.8, 4) is 0 Å². The topological polar surface area (TPSA) is 84.6 Å². The van der Waals surface area contributed by atoms with Crippen molar-refractivity contribution in [3.63, 3.8) is 0 Å². The van der Waals surface area contributed by atoms with Crippen molar-refractivity contribution in [3.05, 3.63) is 12.7 Å². The highest BCUT2D eigenvalue weighted by molar-refractivity contribution is 5.83. The predicted molar refractivity (Wildman–Crippen MR) is 151 cm³/mol. The number of aliphatic hydroxyl groups excluding tert-OH is 1. The summed E-state index contributed by atoms with van der Waals surface area (Å²) < 4.78 is 5.50. The van der Waals surface area contributed by atoms with E-state index in [-0.39, 0.29) is 11.5 Å². The number of aliphatic hydroxyl groups is 1. The number of carbonyl (C=O) groups is 1. The lowest BCUT2D eigenvalue weighted by Crippen LogP contribution is -2.62. The highest BCUT2D eigenvalue weighted by Crippen LogP contribution is 2.71. The van der Waals surface area contributed by atoms with Crippen molar-refractivity contribution in [2.45, 2.75) is 104 Å². The van der Waals surface area contributed by atoms with Gasteiger partial charge in [0.15, 0.2) is 0 Å². The van der Waals surface area contributed by atoms with E-state index < -0.39 is 0 Å². The Morgan fingerprint density at radius 3 is 2.41 bits per heavy atom. The Morgan fingerprint density at radius 2 is 1.68 bits per heavy atom. The molecule has 10 atom stereocenters. The summed E-state index contributed by atoms with van der Waals surface area (Å²) in [7, 11) is 0. The van der Waals surface area contributed by atoms with Crippen LogP contribution in [0.25, 0.3) is 0 Å². The second-order valence-corrected chi connectivity index (χ2v) is 13.8. The van der Waals surface area contributed by atoms with Gasteiger partial charge in [0, 0.05) is 13.1 Å². The molecule has 4 N–H and O–H groups in total. The largest absolute Gasteiger partial charge is 0.393 e. The summed E-state index contributed by atoms with van der Waals surface area (Å²) in [6.07, 6.45) is 14.9. The highest BCUT2D eigenvalue weighted by atomic mass is 16.5. The number of hydrogen-bond donors (Lipinski definition) is 3. The van der Waals surface area contributed by atoms with Gasteiger partial charge in [-0.3, -0.25) is 4.79 Å². The molecule has 0 bridgehead atoms. The van der Waals surface area contributed by atoms with Crippen LogP contribution in [0.1, 0.15) is 98.3 Å². The summed E-state index contributed by atoms with van der Waals surface area (Å²) in [5.41, 5.74) is 6.15. The molecule has 5 rings (SSSR count). The number of allylic oxidation sites excluding steroid dienone is 1. The quantitative estimate of drug-likeness (QED) is 0.312. The Labute approximate surface area is 226 Å². The number of amides is 1. The minimum absolute atomic E-state index is 0.105. The van der Waals surface area contributed by atoms with Gasteiger partial charge in [-0.2, -0.15) is 0 Å². The first-order chi connectivity index (χ1) is 17.7. The number of nitrogens with one attached hydrogen (secondary N) is 1. The molecule has 1 amide bonds. The van der Waals surface area contributed by atoms with Crippen LogP contribution in [0.3, 0.4) is 0 Å². The van der Waals surface area contributed by atoms with Crippen LogP contribution in [0.4, 0.5) is 0 Å². The molecule has 5 saturated carbocycles. The van der Waals surface area contributed by atoms with E-state index in [1.165, 1.54) is 51.4 Å². The number of ether oxygens (including phenoxy) is 1. The van der Waals surface area contributed by atoms with Gasteiger partial charge in [-0.1, -0.05) is 33.3 Å². The zero-order chi connectivity index (χ0) is 26.8. The summed E-state index contributed by atoms with van der Waals surface area (Å²) in [6, 6.07) is 0. The Balaban J connectivity index is 0.00000102. The monoisotopic (exact) mass is 516 g/mol. The minimum atomic E-state index is -0.136. The van der Waals surface area contributed by atoms with Crippen molar-refractivity contribution in [1.82, 2.24) is 5.32 Å². The number of carbonyl (C=O) groups excluding carboxylic acids is 1. The first kappa shape index (κ1) is 29.1. The van der Waals surface area contributed by atoms with Gasteiger partial charge in [-0.05, 0) is 117 Å². The van der Waals surface area contributed by atoms with E-state index >= 15 is 0 Å². The van der Waals surface area contributed by atoms with Crippen molar-refractivity contribution in [2.24, 2.45) is 57.5 Å². The number of fused-ring (bicyclic) bond motifs is 7. The van der Waals surface area contributed by atoms with Gasteiger partial charge in [-0.25, -0.2) is 0 Å². The molecule has 212 valence electrons. The molecule has 0 saturated heterocycles. The maximum absolute atomic E-state index is 13.6. The van der Waals surface area contributed by atoms with Crippen molar-refractivity contribution >= 4 is 5.91 Å². The first-order valence-corrected chi connectivity index (χ1v) is 15.5. The van der Waals surface area contributed by atoms with E-state index in [0.717, 1.165) is 31.1 Å².